The van der Waals surface area contributed by atoms with Crippen molar-refractivity contribution in [1.82, 2.24) is 0 Å². The number of ether oxygens (including phenoxy) is 2. The maximum Gasteiger partial charge on any atom is 0.340 e. The van der Waals surface area contributed by atoms with Gasteiger partial charge in [0.1, 0.15) is 0 Å². The summed E-state index contributed by atoms with van der Waals surface area (Å²) in [4.78, 5) is 23.6. The molecule has 1 aliphatic heterocycles. The minimum absolute atomic E-state index is 0.161. The molecular formula is C14H16O4. The van der Waals surface area contributed by atoms with E-state index in [2.05, 4.69) is 0 Å². The van der Waals surface area contributed by atoms with Gasteiger partial charge in [0.05, 0.1) is 11.7 Å². The summed E-state index contributed by atoms with van der Waals surface area (Å²) >= 11 is 0. The summed E-state index contributed by atoms with van der Waals surface area (Å²) in [6, 6.07) is 8.57. The van der Waals surface area contributed by atoms with Crippen LogP contribution in [0.15, 0.2) is 30.3 Å². The van der Waals surface area contributed by atoms with Crippen LogP contribution in [0.3, 0.4) is 0 Å². The summed E-state index contributed by atoms with van der Waals surface area (Å²) < 4.78 is 10.5. The number of Topliss-reactive ketones (excluding diaryl/α,β-unsaturated/α-hetero) is 1. The first-order chi connectivity index (χ1) is 8.63. The van der Waals surface area contributed by atoms with Crippen LogP contribution in [0.5, 0.6) is 0 Å². The lowest BCUT2D eigenvalue weighted by Crippen LogP contribution is -2.25. The smallest absolute Gasteiger partial charge is 0.340 e. The van der Waals surface area contributed by atoms with E-state index >= 15 is 0 Å². The lowest BCUT2D eigenvalue weighted by molar-refractivity contribution is -0.145. The molecule has 1 fully saturated rings. The quantitative estimate of drug-likeness (QED) is 0.769. The van der Waals surface area contributed by atoms with Gasteiger partial charge in [-0.25, -0.2) is 4.79 Å². The monoisotopic (exact) mass is 248 g/mol. The zero-order valence-electron chi connectivity index (χ0n) is 10.5. The van der Waals surface area contributed by atoms with E-state index in [1.54, 1.807) is 31.2 Å². The average Bonchev–Trinajstić information content (AvgIpc) is 2.67. The minimum atomic E-state index is -1.06. The first kappa shape index (κ1) is 12.8. The maximum atomic E-state index is 11.8. The molecule has 18 heavy (non-hydrogen) atoms. The Morgan fingerprint density at radius 3 is 2.56 bits per heavy atom. The van der Waals surface area contributed by atoms with E-state index in [-0.39, 0.29) is 17.8 Å². The standard InChI is InChI=1S/C14H16O4/c1-3-11-9(2)12(15)14(17-11)18-13(16)10-7-5-4-6-8-10/h4-9,11,14H,3H2,1-2H3/t9-,11+,14-/m0/s1. The number of carbonyl (C=O) groups excluding carboxylic acids is 2. The van der Waals surface area contributed by atoms with Gasteiger partial charge in [-0.05, 0) is 18.6 Å². The molecule has 1 aliphatic rings. The molecule has 0 aromatic heterocycles. The van der Waals surface area contributed by atoms with Gasteiger partial charge in [0.2, 0.25) is 5.78 Å². The van der Waals surface area contributed by atoms with Crippen LogP contribution in [0.4, 0.5) is 0 Å². The van der Waals surface area contributed by atoms with Gasteiger partial charge in [-0.1, -0.05) is 32.0 Å². The summed E-state index contributed by atoms with van der Waals surface area (Å²) in [6.07, 6.45) is -0.490. The van der Waals surface area contributed by atoms with E-state index in [0.29, 0.717) is 5.56 Å². The van der Waals surface area contributed by atoms with Gasteiger partial charge in [0.25, 0.3) is 6.29 Å². The first-order valence-corrected chi connectivity index (χ1v) is 6.08. The van der Waals surface area contributed by atoms with E-state index in [1.807, 2.05) is 13.0 Å². The lowest BCUT2D eigenvalue weighted by atomic mass is 10.0. The Kier molecular flexibility index (Phi) is 3.77. The molecule has 1 aromatic carbocycles. The molecular weight excluding hydrogens is 232 g/mol. The van der Waals surface area contributed by atoms with Crippen molar-refractivity contribution in [3.8, 4) is 0 Å². The molecule has 1 aromatic rings. The molecule has 0 radical (unpaired) electrons. The van der Waals surface area contributed by atoms with Crippen LogP contribution >= 0.6 is 0 Å². The van der Waals surface area contributed by atoms with Crippen molar-refractivity contribution in [3.05, 3.63) is 35.9 Å². The molecule has 0 spiro atoms. The van der Waals surface area contributed by atoms with Crippen molar-refractivity contribution in [2.24, 2.45) is 5.92 Å². The number of ketones is 1. The predicted molar refractivity (Wildman–Crippen MR) is 65.0 cm³/mol. The van der Waals surface area contributed by atoms with Crippen molar-refractivity contribution >= 4 is 11.8 Å². The van der Waals surface area contributed by atoms with Gasteiger partial charge in [-0.2, -0.15) is 0 Å². The second-order valence-corrected chi connectivity index (χ2v) is 4.38. The van der Waals surface area contributed by atoms with Crippen LogP contribution in [0, 0.1) is 5.92 Å². The highest BCUT2D eigenvalue weighted by Crippen LogP contribution is 2.26. The van der Waals surface area contributed by atoms with Crippen molar-refractivity contribution in [1.29, 1.82) is 0 Å². The van der Waals surface area contributed by atoms with E-state index < -0.39 is 12.3 Å². The summed E-state index contributed by atoms with van der Waals surface area (Å²) in [6.45, 7) is 3.74. The summed E-state index contributed by atoms with van der Waals surface area (Å²) in [5, 5.41) is 0. The van der Waals surface area contributed by atoms with Gasteiger partial charge >= 0.3 is 5.97 Å². The highest BCUT2D eigenvalue weighted by molar-refractivity contribution is 5.93. The van der Waals surface area contributed by atoms with E-state index in [1.165, 1.54) is 0 Å². The van der Waals surface area contributed by atoms with Gasteiger partial charge in [-0.15, -0.1) is 0 Å². The predicted octanol–water partition coefficient (Wildman–Crippen LogP) is 2.18. The zero-order valence-corrected chi connectivity index (χ0v) is 10.5. The largest absolute Gasteiger partial charge is 0.424 e. The first-order valence-electron chi connectivity index (χ1n) is 6.08. The van der Waals surface area contributed by atoms with Gasteiger partial charge in [-0.3, -0.25) is 4.79 Å². The molecule has 3 atom stereocenters. The maximum absolute atomic E-state index is 11.8. The number of rotatable bonds is 3. The Balaban J connectivity index is 2.03. The van der Waals surface area contributed by atoms with Crippen LogP contribution < -0.4 is 0 Å². The normalized spacial score (nSPS) is 27.2. The zero-order chi connectivity index (χ0) is 13.1. The third-order valence-electron chi connectivity index (χ3n) is 3.16. The topological polar surface area (TPSA) is 52.6 Å². The molecule has 0 amide bonds. The highest BCUT2D eigenvalue weighted by atomic mass is 16.7. The molecule has 0 aliphatic carbocycles. The second-order valence-electron chi connectivity index (χ2n) is 4.38. The minimum Gasteiger partial charge on any atom is -0.424 e. The van der Waals surface area contributed by atoms with E-state index in [0.717, 1.165) is 6.42 Å². The number of hydrogen-bond acceptors (Lipinski definition) is 4. The van der Waals surface area contributed by atoms with Crippen molar-refractivity contribution in [3.63, 3.8) is 0 Å². The summed E-state index contributed by atoms with van der Waals surface area (Å²) in [5.41, 5.74) is 0.418. The fourth-order valence-electron chi connectivity index (χ4n) is 2.02. The molecule has 4 nitrogen and oxygen atoms in total. The van der Waals surface area contributed by atoms with Crippen molar-refractivity contribution in [2.75, 3.05) is 0 Å². The molecule has 1 heterocycles. The van der Waals surface area contributed by atoms with Gasteiger partial charge in [0, 0.05) is 5.92 Å². The fourth-order valence-corrected chi connectivity index (χ4v) is 2.02. The summed E-state index contributed by atoms with van der Waals surface area (Å²) in [7, 11) is 0. The van der Waals surface area contributed by atoms with Crippen LogP contribution in [-0.4, -0.2) is 24.1 Å². The van der Waals surface area contributed by atoms with Crippen LogP contribution in [0.25, 0.3) is 0 Å². The van der Waals surface area contributed by atoms with E-state index in [4.69, 9.17) is 9.47 Å². The molecule has 0 saturated carbocycles. The van der Waals surface area contributed by atoms with Crippen LogP contribution in [0.2, 0.25) is 0 Å². The lowest BCUT2D eigenvalue weighted by Gasteiger charge is -2.12. The van der Waals surface area contributed by atoms with Crippen LogP contribution in [0.1, 0.15) is 30.6 Å². The van der Waals surface area contributed by atoms with Crippen molar-refractivity contribution < 1.29 is 19.1 Å². The van der Waals surface area contributed by atoms with E-state index in [9.17, 15) is 9.59 Å². The van der Waals surface area contributed by atoms with Gasteiger partial charge < -0.3 is 9.47 Å². The number of hydrogen-bond donors (Lipinski definition) is 0. The third-order valence-corrected chi connectivity index (χ3v) is 3.16. The average molecular weight is 248 g/mol. The molecule has 4 heteroatoms. The molecule has 0 unspecified atom stereocenters. The fraction of sp³-hybridized carbons (Fsp3) is 0.429. The Bertz CT molecular complexity index is 440. The van der Waals surface area contributed by atoms with Crippen molar-refractivity contribution in [2.45, 2.75) is 32.7 Å². The number of benzene rings is 1. The molecule has 2 rings (SSSR count). The summed E-state index contributed by atoms with van der Waals surface area (Å²) in [5.74, 6) is -0.910. The molecule has 1 saturated heterocycles. The Labute approximate surface area is 106 Å². The number of esters is 1. The molecule has 0 N–H and O–H groups in total. The highest BCUT2D eigenvalue weighted by Gasteiger charge is 2.41. The Hall–Kier alpha value is -1.68. The van der Waals surface area contributed by atoms with Gasteiger partial charge in [0.15, 0.2) is 0 Å². The second kappa shape index (κ2) is 5.31. The Morgan fingerprint density at radius 1 is 1.33 bits per heavy atom. The SMILES string of the molecule is CC[C@H]1O[C@@H](OC(=O)c2ccccc2)C(=O)[C@H]1C. The Morgan fingerprint density at radius 2 is 2.00 bits per heavy atom. The molecule has 96 valence electrons. The molecule has 0 bridgehead atoms. The number of carbonyl (C=O) groups is 2. The third kappa shape index (κ3) is 2.43. The van der Waals surface area contributed by atoms with Crippen LogP contribution in [-0.2, 0) is 14.3 Å².